The van der Waals surface area contributed by atoms with Gasteiger partial charge in [-0.2, -0.15) is 5.26 Å². The van der Waals surface area contributed by atoms with Gasteiger partial charge in [-0.1, -0.05) is 13.0 Å². The first-order valence-electron chi connectivity index (χ1n) is 5.71. The Labute approximate surface area is 105 Å². The van der Waals surface area contributed by atoms with Crippen LogP contribution >= 0.6 is 0 Å². The van der Waals surface area contributed by atoms with Gasteiger partial charge in [0.2, 0.25) is 0 Å². The molecule has 2 N–H and O–H groups in total. The fourth-order valence-corrected chi connectivity index (χ4v) is 1.54. The van der Waals surface area contributed by atoms with Crippen LogP contribution in [0.25, 0.3) is 0 Å². The van der Waals surface area contributed by atoms with Crippen molar-refractivity contribution in [2.24, 2.45) is 5.92 Å². The van der Waals surface area contributed by atoms with Crippen molar-refractivity contribution in [1.82, 2.24) is 0 Å². The summed E-state index contributed by atoms with van der Waals surface area (Å²) in [4.78, 5) is 10.6. The molecular formula is C13H15FN2O2. The van der Waals surface area contributed by atoms with Gasteiger partial charge < -0.3 is 10.4 Å². The van der Waals surface area contributed by atoms with Crippen molar-refractivity contribution in [3.05, 3.63) is 29.6 Å². The van der Waals surface area contributed by atoms with Gasteiger partial charge in [-0.25, -0.2) is 4.39 Å². The molecule has 4 nitrogen and oxygen atoms in total. The Morgan fingerprint density at radius 2 is 2.33 bits per heavy atom. The van der Waals surface area contributed by atoms with E-state index >= 15 is 0 Å². The van der Waals surface area contributed by atoms with Crippen molar-refractivity contribution in [2.45, 2.75) is 19.8 Å². The van der Waals surface area contributed by atoms with Gasteiger partial charge >= 0.3 is 5.97 Å². The number of hydrogen-bond donors (Lipinski definition) is 2. The van der Waals surface area contributed by atoms with E-state index in [0.29, 0.717) is 25.1 Å². The third kappa shape index (κ3) is 3.74. The van der Waals surface area contributed by atoms with Gasteiger partial charge in [0, 0.05) is 6.54 Å². The first-order valence-corrected chi connectivity index (χ1v) is 5.71. The van der Waals surface area contributed by atoms with E-state index < -0.39 is 17.7 Å². The topological polar surface area (TPSA) is 73.1 Å². The van der Waals surface area contributed by atoms with Crippen molar-refractivity contribution in [3.63, 3.8) is 0 Å². The van der Waals surface area contributed by atoms with Crippen LogP contribution in [0.15, 0.2) is 18.2 Å². The predicted octanol–water partition coefficient (Wildman–Crippen LogP) is 2.61. The van der Waals surface area contributed by atoms with Gasteiger partial charge in [0.15, 0.2) is 0 Å². The molecule has 1 aromatic rings. The minimum absolute atomic E-state index is 0.0104. The summed E-state index contributed by atoms with van der Waals surface area (Å²) in [6.07, 6.45) is 1.19. The number of carboxylic acid groups (broad SMARTS) is 1. The number of nitrogens with one attached hydrogen (secondary N) is 1. The van der Waals surface area contributed by atoms with Gasteiger partial charge in [-0.3, -0.25) is 4.79 Å². The molecule has 5 heteroatoms. The summed E-state index contributed by atoms with van der Waals surface area (Å²) in [5.74, 6) is -1.77. The van der Waals surface area contributed by atoms with Crippen LogP contribution in [0.5, 0.6) is 0 Å². The zero-order valence-electron chi connectivity index (χ0n) is 10.1. The van der Waals surface area contributed by atoms with Crippen LogP contribution < -0.4 is 5.32 Å². The van der Waals surface area contributed by atoms with Crippen LogP contribution in [0.2, 0.25) is 0 Å². The zero-order valence-corrected chi connectivity index (χ0v) is 10.1. The average molecular weight is 250 g/mol. The second-order valence-electron chi connectivity index (χ2n) is 4.08. The second-order valence-corrected chi connectivity index (χ2v) is 4.08. The van der Waals surface area contributed by atoms with Crippen LogP contribution in [-0.2, 0) is 4.79 Å². The molecule has 0 spiro atoms. The second kappa shape index (κ2) is 6.60. The molecular weight excluding hydrogens is 235 g/mol. The fourth-order valence-electron chi connectivity index (χ4n) is 1.54. The summed E-state index contributed by atoms with van der Waals surface area (Å²) < 4.78 is 13.3. The van der Waals surface area contributed by atoms with E-state index in [1.807, 2.05) is 0 Å². The van der Waals surface area contributed by atoms with Gasteiger partial charge in [0.1, 0.15) is 17.4 Å². The van der Waals surface area contributed by atoms with E-state index in [2.05, 4.69) is 5.32 Å². The van der Waals surface area contributed by atoms with Crippen molar-refractivity contribution < 1.29 is 14.3 Å². The molecule has 0 heterocycles. The number of carboxylic acids is 1. The molecule has 0 saturated carbocycles. The van der Waals surface area contributed by atoms with Crippen molar-refractivity contribution >= 4 is 11.7 Å². The molecule has 1 atom stereocenters. The van der Waals surface area contributed by atoms with Crippen LogP contribution in [0.4, 0.5) is 10.1 Å². The summed E-state index contributed by atoms with van der Waals surface area (Å²) in [5, 5.41) is 20.5. The predicted molar refractivity (Wildman–Crippen MR) is 65.6 cm³/mol. The molecule has 18 heavy (non-hydrogen) atoms. The Morgan fingerprint density at radius 3 is 2.94 bits per heavy atom. The lowest BCUT2D eigenvalue weighted by molar-refractivity contribution is -0.141. The lowest BCUT2D eigenvalue weighted by Crippen LogP contribution is -2.12. The highest BCUT2D eigenvalue weighted by Gasteiger charge is 2.10. The largest absolute Gasteiger partial charge is 0.481 e. The highest BCUT2D eigenvalue weighted by atomic mass is 19.1. The van der Waals surface area contributed by atoms with E-state index in [4.69, 9.17) is 10.4 Å². The molecule has 1 unspecified atom stereocenters. The van der Waals surface area contributed by atoms with Crippen molar-refractivity contribution in [3.8, 4) is 6.07 Å². The van der Waals surface area contributed by atoms with E-state index in [1.54, 1.807) is 19.1 Å². The molecule has 0 aliphatic carbocycles. The third-order valence-corrected chi connectivity index (χ3v) is 2.68. The van der Waals surface area contributed by atoms with Crippen molar-refractivity contribution in [1.29, 1.82) is 5.26 Å². The summed E-state index contributed by atoms with van der Waals surface area (Å²) in [7, 11) is 0. The first kappa shape index (κ1) is 14.0. The summed E-state index contributed by atoms with van der Waals surface area (Å²) >= 11 is 0. The van der Waals surface area contributed by atoms with Crippen LogP contribution in [-0.4, -0.2) is 17.6 Å². The maximum absolute atomic E-state index is 13.3. The smallest absolute Gasteiger partial charge is 0.306 e. The molecule has 0 saturated heterocycles. The zero-order chi connectivity index (χ0) is 13.5. The molecule has 0 aromatic heterocycles. The minimum atomic E-state index is -0.821. The molecule has 0 radical (unpaired) electrons. The maximum atomic E-state index is 13.3. The number of nitrogens with zero attached hydrogens (tertiary/aromatic N) is 1. The number of nitriles is 1. The van der Waals surface area contributed by atoms with Gasteiger partial charge in [0.25, 0.3) is 0 Å². The Kier molecular flexibility index (Phi) is 5.12. The standard InChI is InChI=1S/C13H15FN2O2/c1-9(13(17)18)4-3-7-16-12-6-2-5-11(14)10(12)8-15/h2,5-6,9,16H,3-4,7H2,1H3,(H,17,18). The fraction of sp³-hybridized carbons (Fsp3) is 0.385. The third-order valence-electron chi connectivity index (χ3n) is 2.68. The van der Waals surface area contributed by atoms with E-state index in [0.717, 1.165) is 0 Å². The summed E-state index contributed by atoms with van der Waals surface area (Å²) in [6.45, 7) is 2.15. The molecule has 1 rings (SSSR count). The molecule has 0 aliphatic rings. The Balaban J connectivity index is 2.48. The lowest BCUT2D eigenvalue weighted by atomic mass is 10.1. The van der Waals surface area contributed by atoms with Gasteiger partial charge in [0.05, 0.1) is 11.6 Å². The monoisotopic (exact) mass is 250 g/mol. The van der Waals surface area contributed by atoms with Crippen LogP contribution in [0.3, 0.4) is 0 Å². The number of aliphatic carboxylic acids is 1. The lowest BCUT2D eigenvalue weighted by Gasteiger charge is -2.09. The number of hydrogen-bond acceptors (Lipinski definition) is 3. The van der Waals surface area contributed by atoms with Crippen molar-refractivity contribution in [2.75, 3.05) is 11.9 Å². The SMILES string of the molecule is CC(CCCNc1cccc(F)c1C#N)C(=O)O. The molecule has 0 fully saturated rings. The molecule has 0 amide bonds. The van der Waals surface area contributed by atoms with Crippen LogP contribution in [0.1, 0.15) is 25.3 Å². The number of anilines is 1. The number of carbonyl (C=O) groups is 1. The van der Waals surface area contributed by atoms with Crippen LogP contribution in [0, 0.1) is 23.1 Å². The first-order chi connectivity index (χ1) is 8.56. The normalized spacial score (nSPS) is 11.6. The maximum Gasteiger partial charge on any atom is 0.306 e. The Hall–Kier alpha value is -2.09. The average Bonchev–Trinajstić information content (AvgIpc) is 2.34. The molecule has 0 bridgehead atoms. The van der Waals surface area contributed by atoms with Gasteiger partial charge in [-0.15, -0.1) is 0 Å². The number of rotatable bonds is 6. The van der Waals surface area contributed by atoms with E-state index in [-0.39, 0.29) is 5.56 Å². The molecule has 1 aromatic carbocycles. The quantitative estimate of drug-likeness (QED) is 0.761. The number of benzene rings is 1. The Morgan fingerprint density at radius 1 is 1.61 bits per heavy atom. The summed E-state index contributed by atoms with van der Waals surface area (Å²) in [5.41, 5.74) is 0.435. The highest BCUT2D eigenvalue weighted by molar-refractivity contribution is 5.69. The summed E-state index contributed by atoms with van der Waals surface area (Å²) in [6, 6.07) is 6.19. The Bertz CT molecular complexity index is 469. The van der Waals surface area contributed by atoms with E-state index in [1.165, 1.54) is 12.1 Å². The minimum Gasteiger partial charge on any atom is -0.481 e. The molecule has 0 aliphatic heterocycles. The molecule has 96 valence electrons. The highest BCUT2D eigenvalue weighted by Crippen LogP contribution is 2.18. The number of halogens is 1. The van der Waals surface area contributed by atoms with E-state index in [9.17, 15) is 9.18 Å². The van der Waals surface area contributed by atoms with Gasteiger partial charge in [-0.05, 0) is 25.0 Å².